The van der Waals surface area contributed by atoms with Crippen LogP contribution in [-0.4, -0.2) is 26.0 Å². The van der Waals surface area contributed by atoms with Gasteiger partial charge in [-0.1, -0.05) is 51.5 Å². The van der Waals surface area contributed by atoms with E-state index >= 15 is 0 Å². The van der Waals surface area contributed by atoms with Crippen molar-refractivity contribution in [3.05, 3.63) is 35.4 Å². The Labute approximate surface area is 122 Å². The minimum Gasteiger partial charge on any atom is -0.309 e. The van der Waals surface area contributed by atoms with E-state index in [0.29, 0.717) is 12.2 Å². The molecule has 0 saturated heterocycles. The first-order valence-electron chi connectivity index (χ1n) is 7.52. The van der Waals surface area contributed by atoms with Gasteiger partial charge in [-0.2, -0.15) is 0 Å². The van der Waals surface area contributed by atoms with E-state index < -0.39 is 9.84 Å². The number of benzene rings is 1. The molecule has 2 rings (SSSR count). The Morgan fingerprint density at radius 1 is 1.30 bits per heavy atom. The van der Waals surface area contributed by atoms with Crippen LogP contribution < -0.4 is 5.32 Å². The highest BCUT2D eigenvalue weighted by molar-refractivity contribution is 7.92. The van der Waals surface area contributed by atoms with Crippen LogP contribution in [-0.2, 0) is 16.3 Å². The lowest BCUT2D eigenvalue weighted by atomic mass is 10.1. The summed E-state index contributed by atoms with van der Waals surface area (Å²) in [4.78, 5) is 0. The van der Waals surface area contributed by atoms with E-state index in [4.69, 9.17) is 0 Å². The van der Waals surface area contributed by atoms with Crippen molar-refractivity contribution in [3.63, 3.8) is 0 Å². The fourth-order valence-electron chi connectivity index (χ4n) is 2.99. The zero-order chi connectivity index (χ0) is 14.8. The van der Waals surface area contributed by atoms with Crippen LogP contribution in [0.3, 0.4) is 0 Å². The molecule has 0 heterocycles. The van der Waals surface area contributed by atoms with Gasteiger partial charge in [-0.05, 0) is 30.0 Å². The van der Waals surface area contributed by atoms with Crippen LogP contribution in [0, 0.1) is 5.92 Å². The lowest BCUT2D eigenvalue weighted by Crippen LogP contribution is -2.37. The Hall–Kier alpha value is -0.870. The standard InChI is InChI=1S/C16H25NO2S/c1-4-12(3)11-20(18,19)15-10-13-8-6-7-9-14(13)16(15)17-5-2/h6-9,12,15-17H,4-5,10-11H2,1-3H3. The van der Waals surface area contributed by atoms with Gasteiger partial charge in [0.05, 0.1) is 11.0 Å². The molecule has 3 nitrogen and oxygen atoms in total. The first kappa shape index (κ1) is 15.5. The molecule has 3 unspecified atom stereocenters. The lowest BCUT2D eigenvalue weighted by Gasteiger charge is -2.23. The number of sulfone groups is 1. The molecule has 1 aliphatic rings. The number of hydrogen-bond donors (Lipinski definition) is 1. The molecule has 4 heteroatoms. The quantitative estimate of drug-likeness (QED) is 0.878. The summed E-state index contributed by atoms with van der Waals surface area (Å²) < 4.78 is 25.4. The van der Waals surface area contributed by atoms with E-state index in [1.54, 1.807) is 0 Å². The van der Waals surface area contributed by atoms with Crippen molar-refractivity contribution in [2.75, 3.05) is 12.3 Å². The predicted octanol–water partition coefficient (Wildman–Crippen LogP) is 2.72. The molecule has 1 aromatic rings. The van der Waals surface area contributed by atoms with Crippen LogP contribution in [0.25, 0.3) is 0 Å². The van der Waals surface area contributed by atoms with Gasteiger partial charge in [0.15, 0.2) is 9.84 Å². The molecule has 0 spiro atoms. The molecular formula is C16H25NO2S. The zero-order valence-corrected chi connectivity index (χ0v) is 13.4. The van der Waals surface area contributed by atoms with Crippen LogP contribution in [0.15, 0.2) is 24.3 Å². The molecule has 0 aromatic heterocycles. The summed E-state index contributed by atoms with van der Waals surface area (Å²) in [6, 6.07) is 8.04. The average Bonchev–Trinajstić information content (AvgIpc) is 2.79. The van der Waals surface area contributed by atoms with E-state index in [1.807, 2.05) is 32.9 Å². The van der Waals surface area contributed by atoms with Crippen molar-refractivity contribution in [3.8, 4) is 0 Å². The van der Waals surface area contributed by atoms with Gasteiger partial charge >= 0.3 is 0 Å². The molecule has 1 aromatic carbocycles. The van der Waals surface area contributed by atoms with Crippen LogP contribution in [0.4, 0.5) is 0 Å². The number of hydrogen-bond acceptors (Lipinski definition) is 3. The monoisotopic (exact) mass is 295 g/mol. The summed E-state index contributed by atoms with van der Waals surface area (Å²) in [6.07, 6.45) is 1.55. The van der Waals surface area contributed by atoms with Crippen molar-refractivity contribution in [1.29, 1.82) is 0 Å². The summed E-state index contributed by atoms with van der Waals surface area (Å²) in [7, 11) is -3.07. The molecule has 0 aliphatic heterocycles. The topological polar surface area (TPSA) is 46.2 Å². The SMILES string of the molecule is CCNC1c2ccccc2CC1S(=O)(=O)CC(C)CC. The van der Waals surface area contributed by atoms with E-state index in [-0.39, 0.29) is 17.2 Å². The van der Waals surface area contributed by atoms with Gasteiger partial charge in [0.2, 0.25) is 0 Å². The van der Waals surface area contributed by atoms with Gasteiger partial charge in [0.1, 0.15) is 0 Å². The van der Waals surface area contributed by atoms with Crippen LogP contribution >= 0.6 is 0 Å². The maximum atomic E-state index is 12.7. The second-order valence-corrected chi connectivity index (χ2v) is 8.08. The van der Waals surface area contributed by atoms with E-state index in [0.717, 1.165) is 18.5 Å². The molecule has 0 bridgehead atoms. The Kier molecular flexibility index (Phi) is 4.86. The molecule has 112 valence electrons. The summed E-state index contributed by atoms with van der Waals surface area (Å²) in [6.45, 7) is 6.88. The fourth-order valence-corrected chi connectivity index (χ4v) is 5.36. The summed E-state index contributed by atoms with van der Waals surface area (Å²) in [5, 5.41) is 3.06. The molecule has 0 amide bonds. The fraction of sp³-hybridized carbons (Fsp3) is 0.625. The second-order valence-electron chi connectivity index (χ2n) is 5.82. The van der Waals surface area contributed by atoms with Crippen molar-refractivity contribution < 1.29 is 8.42 Å². The summed E-state index contributed by atoms with van der Waals surface area (Å²) >= 11 is 0. The molecular weight excluding hydrogens is 270 g/mol. The van der Waals surface area contributed by atoms with Gasteiger partial charge in [0, 0.05) is 6.04 Å². The molecule has 3 atom stereocenters. The summed E-state index contributed by atoms with van der Waals surface area (Å²) in [5.41, 5.74) is 2.34. The van der Waals surface area contributed by atoms with Gasteiger partial charge in [-0.15, -0.1) is 0 Å². The highest BCUT2D eigenvalue weighted by atomic mass is 32.2. The zero-order valence-electron chi connectivity index (χ0n) is 12.6. The number of nitrogens with one attached hydrogen (secondary N) is 1. The number of fused-ring (bicyclic) bond motifs is 1. The van der Waals surface area contributed by atoms with E-state index in [2.05, 4.69) is 17.4 Å². The smallest absolute Gasteiger partial charge is 0.155 e. The predicted molar refractivity (Wildman–Crippen MR) is 83.6 cm³/mol. The Morgan fingerprint density at radius 2 is 2.00 bits per heavy atom. The molecule has 20 heavy (non-hydrogen) atoms. The normalized spacial score (nSPS) is 23.6. The first-order valence-corrected chi connectivity index (χ1v) is 9.23. The molecule has 1 aliphatic carbocycles. The average molecular weight is 295 g/mol. The Balaban J connectivity index is 2.29. The third-order valence-corrected chi connectivity index (χ3v) is 6.68. The summed E-state index contributed by atoms with van der Waals surface area (Å²) in [5.74, 6) is 0.523. The lowest BCUT2D eigenvalue weighted by molar-refractivity contribution is 0.505. The minimum atomic E-state index is -3.07. The number of rotatable bonds is 6. The van der Waals surface area contributed by atoms with E-state index in [1.165, 1.54) is 5.56 Å². The van der Waals surface area contributed by atoms with Gasteiger partial charge < -0.3 is 5.32 Å². The first-order chi connectivity index (χ1) is 9.49. The second kappa shape index (κ2) is 6.27. The third kappa shape index (κ3) is 3.07. The van der Waals surface area contributed by atoms with Gasteiger partial charge in [-0.25, -0.2) is 8.42 Å². The Bertz CT molecular complexity index is 553. The van der Waals surface area contributed by atoms with Crippen molar-refractivity contribution >= 4 is 9.84 Å². The van der Waals surface area contributed by atoms with Gasteiger partial charge in [-0.3, -0.25) is 0 Å². The van der Waals surface area contributed by atoms with E-state index in [9.17, 15) is 8.42 Å². The third-order valence-electron chi connectivity index (χ3n) is 4.28. The van der Waals surface area contributed by atoms with Crippen molar-refractivity contribution in [2.45, 2.75) is 44.9 Å². The largest absolute Gasteiger partial charge is 0.309 e. The van der Waals surface area contributed by atoms with Gasteiger partial charge in [0.25, 0.3) is 0 Å². The molecule has 1 N–H and O–H groups in total. The maximum Gasteiger partial charge on any atom is 0.155 e. The van der Waals surface area contributed by atoms with Crippen molar-refractivity contribution in [2.24, 2.45) is 5.92 Å². The maximum absolute atomic E-state index is 12.7. The Morgan fingerprint density at radius 3 is 2.65 bits per heavy atom. The van der Waals surface area contributed by atoms with Crippen molar-refractivity contribution in [1.82, 2.24) is 5.32 Å². The molecule has 0 saturated carbocycles. The molecule has 0 radical (unpaired) electrons. The molecule has 0 fully saturated rings. The van der Waals surface area contributed by atoms with Crippen LogP contribution in [0.2, 0.25) is 0 Å². The highest BCUT2D eigenvalue weighted by Crippen LogP contribution is 2.36. The van der Waals surface area contributed by atoms with Crippen LogP contribution in [0.5, 0.6) is 0 Å². The highest BCUT2D eigenvalue weighted by Gasteiger charge is 2.40. The van der Waals surface area contributed by atoms with Crippen LogP contribution in [0.1, 0.15) is 44.4 Å². The minimum absolute atomic E-state index is 0.0507.